The van der Waals surface area contributed by atoms with Gasteiger partial charge in [0.05, 0.1) is 18.7 Å². The molecule has 0 spiro atoms. The predicted molar refractivity (Wildman–Crippen MR) is 151 cm³/mol. The number of aromatic nitrogens is 1. The minimum Gasteiger partial charge on any atom is -0.493 e. The van der Waals surface area contributed by atoms with Crippen LogP contribution in [-0.4, -0.2) is 60.8 Å². The van der Waals surface area contributed by atoms with E-state index in [2.05, 4.69) is 4.98 Å². The molecule has 1 amide bonds. The zero-order valence-electron chi connectivity index (χ0n) is 23.3. The summed E-state index contributed by atoms with van der Waals surface area (Å²) in [6, 6.07) is 10.7. The van der Waals surface area contributed by atoms with E-state index >= 15 is 0 Å². The molecular formula is C31H30ClFN2O6. The largest absolute Gasteiger partial charge is 0.493 e. The molecule has 1 saturated heterocycles. The molecular weight excluding hydrogens is 551 g/mol. The van der Waals surface area contributed by atoms with Gasteiger partial charge in [-0.1, -0.05) is 25.4 Å². The van der Waals surface area contributed by atoms with Gasteiger partial charge in [0.15, 0.2) is 29.2 Å². The first-order valence-electron chi connectivity index (χ1n) is 13.3. The van der Waals surface area contributed by atoms with E-state index in [-0.39, 0.29) is 46.4 Å². The first-order chi connectivity index (χ1) is 19.5. The second-order valence-electron chi connectivity index (χ2n) is 10.9. The number of nitrogens with zero attached hydrogens (tertiary/aromatic N) is 2. The Kier molecular flexibility index (Phi) is 7.74. The maximum atomic E-state index is 13.8. The molecule has 10 heteroatoms. The first-order valence-corrected chi connectivity index (χ1v) is 13.7. The molecule has 2 aliphatic rings. The monoisotopic (exact) mass is 580 g/mol. The van der Waals surface area contributed by atoms with E-state index in [4.69, 9.17) is 25.8 Å². The first kappa shape index (κ1) is 28.5. The Bertz CT molecular complexity index is 1560. The molecule has 0 aliphatic carbocycles. The molecule has 5 rings (SSSR count). The van der Waals surface area contributed by atoms with Crippen molar-refractivity contribution in [3.8, 4) is 28.5 Å². The molecule has 0 bridgehead atoms. The molecule has 1 atom stereocenters. The topological polar surface area (TPSA) is 95.0 Å². The van der Waals surface area contributed by atoms with Crippen LogP contribution in [0, 0.1) is 5.82 Å². The highest BCUT2D eigenvalue weighted by Crippen LogP contribution is 2.44. The summed E-state index contributed by atoms with van der Waals surface area (Å²) in [5, 5.41) is -0.0633. The van der Waals surface area contributed by atoms with Crippen LogP contribution in [0.15, 0.2) is 42.5 Å². The molecule has 0 radical (unpaired) electrons. The number of carbonyl (C=O) groups excluding carboxylic acids is 3. The van der Waals surface area contributed by atoms with Crippen molar-refractivity contribution in [2.24, 2.45) is 0 Å². The Hall–Kier alpha value is -3.98. The quantitative estimate of drug-likeness (QED) is 0.301. The van der Waals surface area contributed by atoms with E-state index < -0.39 is 11.9 Å². The number of ether oxygens (including phenoxy) is 3. The number of hydrogen-bond donors (Lipinski definition) is 0. The van der Waals surface area contributed by atoms with Crippen molar-refractivity contribution in [3.05, 3.63) is 70.1 Å². The molecule has 1 unspecified atom stereocenters. The van der Waals surface area contributed by atoms with E-state index in [1.165, 1.54) is 25.3 Å². The molecule has 41 heavy (non-hydrogen) atoms. The van der Waals surface area contributed by atoms with Gasteiger partial charge in [0, 0.05) is 55.0 Å². The van der Waals surface area contributed by atoms with E-state index in [0.29, 0.717) is 53.6 Å². The summed E-state index contributed by atoms with van der Waals surface area (Å²) in [5.74, 6) is 0.000405. The maximum Gasteiger partial charge on any atom is 0.263 e. The average molecular weight is 581 g/mol. The lowest BCUT2D eigenvalue weighted by molar-refractivity contribution is -0.132. The summed E-state index contributed by atoms with van der Waals surface area (Å²) >= 11 is 6.02. The molecule has 3 aromatic rings. The molecule has 1 fully saturated rings. The molecule has 0 N–H and O–H groups in total. The number of carbonyl (C=O) groups is 3. The van der Waals surface area contributed by atoms with Gasteiger partial charge in [0.2, 0.25) is 0 Å². The van der Waals surface area contributed by atoms with Crippen LogP contribution in [0.1, 0.15) is 59.5 Å². The molecule has 214 valence electrons. The van der Waals surface area contributed by atoms with E-state index in [1.807, 2.05) is 13.8 Å². The van der Waals surface area contributed by atoms with Crippen LogP contribution in [0.25, 0.3) is 11.3 Å². The van der Waals surface area contributed by atoms with Crippen LogP contribution in [0.5, 0.6) is 17.2 Å². The molecule has 1 aromatic heterocycles. The molecule has 3 heterocycles. The number of fused-ring (bicyclic) bond motifs is 1. The fraction of sp³-hybridized carbons (Fsp3) is 0.355. The standard InChI is InChI=1S/C31H30ClFN2O6/c1-31(2)16-40-29-19(31)15-22(34-28(29)18-5-7-21(33)20(32)13-18)24(37)9-8-23(36)17-6-10-25(27(14-17)39-4)41-26-11-12-35(3)30(26)38/h5-7,10,13-15,26H,8-9,11-12,16H2,1-4H3. The van der Waals surface area contributed by atoms with Crippen molar-refractivity contribution >= 4 is 29.1 Å². The van der Waals surface area contributed by atoms with Gasteiger partial charge in [0.1, 0.15) is 23.0 Å². The van der Waals surface area contributed by atoms with Crippen LogP contribution in [0.2, 0.25) is 5.02 Å². The molecule has 2 aliphatic heterocycles. The van der Waals surface area contributed by atoms with E-state index in [0.717, 1.165) is 5.56 Å². The fourth-order valence-electron chi connectivity index (χ4n) is 4.99. The Labute approximate surface area is 242 Å². The van der Waals surface area contributed by atoms with Gasteiger partial charge in [0.25, 0.3) is 5.91 Å². The predicted octanol–water partition coefficient (Wildman–Crippen LogP) is 5.68. The van der Waals surface area contributed by atoms with Gasteiger partial charge in [-0.25, -0.2) is 9.37 Å². The van der Waals surface area contributed by atoms with Crippen LogP contribution < -0.4 is 14.2 Å². The minimum atomic E-state index is -0.598. The SMILES string of the molecule is COc1cc(C(=O)CCC(=O)c2cc3c(c(-c4ccc(F)c(Cl)c4)n2)OCC3(C)C)ccc1OC1CCN(C)C1=O. The van der Waals surface area contributed by atoms with Crippen LogP contribution in [0.4, 0.5) is 4.39 Å². The number of methoxy groups -OCH3 is 1. The second-order valence-corrected chi connectivity index (χ2v) is 11.3. The lowest BCUT2D eigenvalue weighted by Gasteiger charge is -2.17. The Morgan fingerprint density at radius 1 is 1.12 bits per heavy atom. The lowest BCUT2D eigenvalue weighted by atomic mass is 9.85. The van der Waals surface area contributed by atoms with Gasteiger partial charge in [-0.2, -0.15) is 0 Å². The van der Waals surface area contributed by atoms with E-state index in [9.17, 15) is 18.8 Å². The number of rotatable bonds is 9. The van der Waals surface area contributed by atoms with Gasteiger partial charge in [-0.3, -0.25) is 14.4 Å². The average Bonchev–Trinajstić information content (AvgIpc) is 3.45. The Morgan fingerprint density at radius 2 is 1.88 bits per heavy atom. The number of likely N-dealkylation sites (tertiary alicyclic amines) is 1. The van der Waals surface area contributed by atoms with Gasteiger partial charge in [-0.05, 0) is 42.5 Å². The number of pyridine rings is 1. The summed E-state index contributed by atoms with van der Waals surface area (Å²) < 4.78 is 31.0. The smallest absolute Gasteiger partial charge is 0.263 e. The Morgan fingerprint density at radius 3 is 2.56 bits per heavy atom. The van der Waals surface area contributed by atoms with Crippen molar-refractivity contribution in [2.45, 2.75) is 44.6 Å². The third-order valence-electron chi connectivity index (χ3n) is 7.47. The third-order valence-corrected chi connectivity index (χ3v) is 7.76. The summed E-state index contributed by atoms with van der Waals surface area (Å²) in [6.45, 7) is 5.01. The summed E-state index contributed by atoms with van der Waals surface area (Å²) in [6.07, 6.45) is -0.153. The number of benzene rings is 2. The van der Waals surface area contributed by atoms with Crippen molar-refractivity contribution < 1.29 is 33.0 Å². The fourth-order valence-corrected chi connectivity index (χ4v) is 5.17. The highest BCUT2D eigenvalue weighted by molar-refractivity contribution is 6.31. The molecule has 2 aromatic carbocycles. The zero-order valence-corrected chi connectivity index (χ0v) is 24.0. The summed E-state index contributed by atoms with van der Waals surface area (Å²) in [7, 11) is 3.18. The number of hydrogen-bond acceptors (Lipinski definition) is 7. The molecule has 0 saturated carbocycles. The maximum absolute atomic E-state index is 13.8. The minimum absolute atomic E-state index is 0.0511. The lowest BCUT2D eigenvalue weighted by Crippen LogP contribution is -2.29. The van der Waals surface area contributed by atoms with Crippen LogP contribution in [0.3, 0.4) is 0 Å². The number of ketones is 2. The second kappa shape index (κ2) is 11.1. The van der Waals surface area contributed by atoms with Crippen LogP contribution >= 0.6 is 11.6 Å². The van der Waals surface area contributed by atoms with Crippen molar-refractivity contribution in [1.82, 2.24) is 9.88 Å². The Balaban J connectivity index is 1.34. The zero-order chi connectivity index (χ0) is 29.5. The van der Waals surface area contributed by atoms with E-state index in [1.54, 1.807) is 36.2 Å². The third kappa shape index (κ3) is 5.63. The number of halogens is 2. The highest BCUT2D eigenvalue weighted by atomic mass is 35.5. The highest BCUT2D eigenvalue weighted by Gasteiger charge is 2.36. The van der Waals surface area contributed by atoms with Gasteiger partial charge < -0.3 is 19.1 Å². The van der Waals surface area contributed by atoms with Gasteiger partial charge >= 0.3 is 0 Å². The van der Waals surface area contributed by atoms with Crippen molar-refractivity contribution in [3.63, 3.8) is 0 Å². The number of Topliss-reactive ketones (excluding diaryl/α,β-unsaturated/α-hetero) is 2. The normalized spacial score (nSPS) is 17.3. The molecule has 8 nitrogen and oxygen atoms in total. The van der Waals surface area contributed by atoms with Crippen molar-refractivity contribution in [1.29, 1.82) is 0 Å². The van der Waals surface area contributed by atoms with Crippen molar-refractivity contribution in [2.75, 3.05) is 27.3 Å². The van der Waals surface area contributed by atoms with Gasteiger partial charge in [-0.15, -0.1) is 0 Å². The summed E-state index contributed by atoms with van der Waals surface area (Å²) in [4.78, 5) is 44.7. The number of likely N-dealkylation sites (N-methyl/N-ethyl adjacent to an activating group) is 1. The number of amides is 1. The van der Waals surface area contributed by atoms with Crippen LogP contribution in [-0.2, 0) is 10.2 Å². The summed E-state index contributed by atoms with van der Waals surface area (Å²) in [5.41, 5.74) is 1.91.